The lowest BCUT2D eigenvalue weighted by atomic mass is 9.75. The lowest BCUT2D eigenvalue weighted by Crippen LogP contribution is -2.55. The van der Waals surface area contributed by atoms with E-state index in [-0.39, 0.29) is 86.0 Å². The summed E-state index contributed by atoms with van der Waals surface area (Å²) in [6.07, 6.45) is -3.58. The van der Waals surface area contributed by atoms with Crippen molar-refractivity contribution in [3.05, 3.63) is 130 Å². The zero-order valence-corrected chi connectivity index (χ0v) is 43.5. The summed E-state index contributed by atoms with van der Waals surface area (Å²) in [5.41, 5.74) is 7.00. The second-order valence-electron chi connectivity index (χ2n) is 20.8. The standard InChI is InChI=1S/C56H54ClF4N11O6/c1-32(58)53(76)71-23-22-70(28-37(71)16-19-62)52-40-18-21-68(44-9-5-7-34-6-4-8-41(57)48(34)44)29-43(40)65-54(66-52)78-30-33-17-20-69(27-33)47(74)31-77-38-13-10-35(11-14-38)64-42-24-36(12-15-39(42)51(63)75)72-45-25-55(2,3)26-46(73)49(45)50(67-72)56(59,60)61/h4-15,24,33,37,64H,1,16-18,20-23,25-31H2,2-3H3,(H2,63,75)/t33-,37+/m1/s1. The fraction of sp³-hybridized carbons (Fsp3) is 0.357. The summed E-state index contributed by atoms with van der Waals surface area (Å²) in [7, 11) is 0. The topological polar surface area (TPSA) is 205 Å². The van der Waals surface area contributed by atoms with Crippen molar-refractivity contribution in [1.29, 1.82) is 5.26 Å². The number of alkyl halides is 3. The van der Waals surface area contributed by atoms with Gasteiger partial charge in [-0.1, -0.05) is 56.3 Å². The molecule has 2 saturated heterocycles. The second kappa shape index (κ2) is 21.3. The predicted molar refractivity (Wildman–Crippen MR) is 283 cm³/mol. The van der Waals surface area contributed by atoms with Crippen LogP contribution >= 0.6 is 11.6 Å². The fourth-order valence-electron chi connectivity index (χ4n) is 11.0. The smallest absolute Gasteiger partial charge is 0.435 e. The number of piperazine rings is 1. The number of benzene rings is 4. The number of fused-ring (bicyclic) bond motifs is 3. The van der Waals surface area contributed by atoms with Crippen molar-refractivity contribution in [2.75, 3.05) is 67.6 Å². The first kappa shape index (κ1) is 53.2. The van der Waals surface area contributed by atoms with Gasteiger partial charge in [-0.2, -0.15) is 33.5 Å². The van der Waals surface area contributed by atoms with E-state index in [1.807, 2.05) is 41.3 Å². The van der Waals surface area contributed by atoms with Crippen LogP contribution in [-0.2, 0) is 35.2 Å². The fourth-order valence-corrected chi connectivity index (χ4v) is 11.2. The number of primary amides is 1. The molecule has 3 amide bonds. The highest BCUT2D eigenvalue weighted by Crippen LogP contribution is 2.43. The quantitative estimate of drug-likeness (QED) is 0.0774. The number of hydrogen-bond acceptors (Lipinski definition) is 13. The molecule has 2 fully saturated rings. The Kier molecular flexibility index (Phi) is 14.5. The molecule has 0 spiro atoms. The van der Waals surface area contributed by atoms with Crippen molar-refractivity contribution in [3.63, 3.8) is 0 Å². The second-order valence-corrected chi connectivity index (χ2v) is 21.2. The van der Waals surface area contributed by atoms with E-state index in [0.717, 1.165) is 32.4 Å². The normalized spacial score (nSPS) is 18.1. The molecule has 78 heavy (non-hydrogen) atoms. The van der Waals surface area contributed by atoms with Crippen LogP contribution in [0.15, 0.2) is 91.3 Å². The Bertz CT molecular complexity index is 3430. The van der Waals surface area contributed by atoms with Crippen LogP contribution < -0.4 is 30.3 Å². The third-order valence-corrected chi connectivity index (χ3v) is 15.0. The van der Waals surface area contributed by atoms with E-state index in [2.05, 4.69) is 28.0 Å². The molecule has 10 rings (SSSR count). The Morgan fingerprint density at radius 3 is 2.46 bits per heavy atom. The van der Waals surface area contributed by atoms with Crippen LogP contribution in [0.25, 0.3) is 16.5 Å². The number of likely N-dealkylation sites (tertiary alicyclic amines) is 1. The number of amides is 3. The van der Waals surface area contributed by atoms with Gasteiger partial charge < -0.3 is 40.1 Å². The van der Waals surface area contributed by atoms with E-state index >= 15 is 0 Å². The Hall–Kier alpha value is -8.25. The minimum atomic E-state index is -4.87. The van der Waals surface area contributed by atoms with Gasteiger partial charge in [0.05, 0.1) is 70.6 Å². The molecule has 6 aromatic rings. The number of Topliss-reactive ketones (excluding diaryl/α,β-unsaturated/α-hetero) is 1. The number of nitrogens with one attached hydrogen (secondary N) is 1. The van der Waals surface area contributed by atoms with Gasteiger partial charge in [-0.15, -0.1) is 0 Å². The molecule has 0 radical (unpaired) electrons. The molecule has 22 heteroatoms. The zero-order valence-electron chi connectivity index (χ0n) is 42.7. The van der Waals surface area contributed by atoms with Crippen molar-refractivity contribution in [1.82, 2.24) is 29.5 Å². The van der Waals surface area contributed by atoms with Gasteiger partial charge in [0.15, 0.2) is 23.9 Å². The molecule has 5 heterocycles. The minimum absolute atomic E-state index is 0.0196. The molecule has 2 atom stereocenters. The van der Waals surface area contributed by atoms with Gasteiger partial charge in [0.25, 0.3) is 17.7 Å². The maximum Gasteiger partial charge on any atom is 0.435 e. The Labute approximate surface area is 451 Å². The summed E-state index contributed by atoms with van der Waals surface area (Å²) in [6, 6.07) is 24.2. The first-order valence-electron chi connectivity index (χ1n) is 25.4. The molecule has 1 aliphatic carbocycles. The average Bonchev–Trinajstić information content (AvgIpc) is 4.26. The Morgan fingerprint density at radius 2 is 1.73 bits per heavy atom. The molecule has 3 N–H and O–H groups in total. The number of ketones is 1. The summed E-state index contributed by atoms with van der Waals surface area (Å²) in [4.78, 5) is 69.0. The minimum Gasteiger partial charge on any atom is -0.484 e. The van der Waals surface area contributed by atoms with Crippen LogP contribution in [0.3, 0.4) is 0 Å². The van der Waals surface area contributed by atoms with Crippen LogP contribution in [0.4, 0.5) is 40.4 Å². The largest absolute Gasteiger partial charge is 0.484 e. The summed E-state index contributed by atoms with van der Waals surface area (Å²) in [5, 5.41) is 19.2. The average molecular weight is 1090 g/mol. The molecule has 2 aromatic heterocycles. The first-order valence-corrected chi connectivity index (χ1v) is 25.8. The third-order valence-electron chi connectivity index (χ3n) is 14.7. The summed E-state index contributed by atoms with van der Waals surface area (Å²) in [6.45, 7) is 9.32. The van der Waals surface area contributed by atoms with Crippen LogP contribution in [0.2, 0.25) is 5.02 Å². The predicted octanol–water partition coefficient (Wildman–Crippen LogP) is 8.77. The number of rotatable bonds is 14. The summed E-state index contributed by atoms with van der Waals surface area (Å²) >= 11 is 6.76. The molecule has 0 unspecified atom stereocenters. The number of nitrogens with zero attached hydrogens (tertiary/aromatic N) is 9. The van der Waals surface area contributed by atoms with Crippen LogP contribution in [-0.4, -0.2) is 112 Å². The van der Waals surface area contributed by atoms with Crippen LogP contribution in [0, 0.1) is 22.7 Å². The molecule has 0 bridgehead atoms. The lowest BCUT2D eigenvalue weighted by molar-refractivity contribution is -0.141. The number of halogens is 5. The summed E-state index contributed by atoms with van der Waals surface area (Å²) < 4.78 is 70.0. The molecule has 3 aliphatic heterocycles. The maximum atomic E-state index is 14.2. The Balaban J connectivity index is 0.798. The lowest BCUT2D eigenvalue weighted by Gasteiger charge is -2.42. The van der Waals surface area contributed by atoms with Crippen molar-refractivity contribution < 1.29 is 46.2 Å². The van der Waals surface area contributed by atoms with E-state index in [0.29, 0.717) is 67.8 Å². The monoisotopic (exact) mass is 1090 g/mol. The number of ether oxygens (including phenoxy) is 2. The first-order chi connectivity index (χ1) is 37.2. The number of anilines is 4. The zero-order chi connectivity index (χ0) is 55.2. The van der Waals surface area contributed by atoms with Gasteiger partial charge >= 0.3 is 12.2 Å². The van der Waals surface area contributed by atoms with Crippen molar-refractivity contribution in [2.24, 2.45) is 17.1 Å². The van der Waals surface area contributed by atoms with Gasteiger partial charge in [0, 0.05) is 73.9 Å². The molecule has 404 valence electrons. The molecule has 0 saturated carbocycles. The highest BCUT2D eigenvalue weighted by Gasteiger charge is 2.46. The van der Waals surface area contributed by atoms with E-state index in [1.54, 1.807) is 43.0 Å². The number of nitrogens with two attached hydrogens (primary N) is 1. The van der Waals surface area contributed by atoms with E-state index in [9.17, 15) is 42.0 Å². The molecule has 4 aliphatic rings. The van der Waals surface area contributed by atoms with E-state index < -0.39 is 52.3 Å². The molecular weight excluding hydrogens is 1030 g/mol. The van der Waals surface area contributed by atoms with E-state index in [1.165, 1.54) is 23.1 Å². The Morgan fingerprint density at radius 1 is 0.962 bits per heavy atom. The SMILES string of the molecule is C=C(F)C(=O)N1CCN(c2nc(OC[C@@H]3CCN(C(=O)COc4ccc(Nc5cc(-n6nc(C(F)(F)F)c7c6CC(C)(C)CC7=O)ccc5C(N)=O)cc4)C3)nc3c2CCN(c2cccc4cccc(Cl)c24)C3)C[C@@H]1CC#N. The summed E-state index contributed by atoms with van der Waals surface area (Å²) in [5.74, 6) is -2.69. The molecule has 4 aromatic carbocycles. The van der Waals surface area contributed by atoms with Gasteiger partial charge in [-0.25, -0.2) is 9.07 Å². The number of carbonyl (C=O) groups is 4. The number of nitriles is 1. The molecule has 17 nitrogen and oxygen atoms in total. The van der Waals surface area contributed by atoms with Gasteiger partial charge in [-0.3, -0.25) is 19.2 Å². The number of aromatic nitrogens is 4. The highest BCUT2D eigenvalue weighted by atomic mass is 35.5. The van der Waals surface area contributed by atoms with E-state index in [4.69, 9.17) is 36.8 Å². The maximum absolute atomic E-state index is 14.2. The number of carbonyl (C=O) groups excluding carboxylic acids is 4. The molecular formula is C56H54ClF4N11O6. The van der Waals surface area contributed by atoms with Crippen molar-refractivity contribution >= 4 is 68.8 Å². The van der Waals surface area contributed by atoms with Crippen LogP contribution in [0.5, 0.6) is 11.8 Å². The van der Waals surface area contributed by atoms with Crippen LogP contribution in [0.1, 0.15) is 76.5 Å². The van der Waals surface area contributed by atoms with Gasteiger partial charge in [0.2, 0.25) is 0 Å². The third kappa shape index (κ3) is 10.9. The van der Waals surface area contributed by atoms with Gasteiger partial charge in [0.1, 0.15) is 11.6 Å². The van der Waals surface area contributed by atoms with Gasteiger partial charge in [-0.05, 0) is 84.7 Å². The number of hydrogen-bond donors (Lipinski definition) is 2. The van der Waals surface area contributed by atoms with Crippen molar-refractivity contribution in [2.45, 2.75) is 64.7 Å². The van der Waals surface area contributed by atoms with Crippen molar-refractivity contribution in [3.8, 4) is 23.5 Å². The highest BCUT2D eigenvalue weighted by molar-refractivity contribution is 6.36.